The molecule has 1 atom stereocenters. The van der Waals surface area contributed by atoms with Crippen LogP contribution in [0.1, 0.15) is 30.3 Å². The molecule has 118 valence electrons. The first kappa shape index (κ1) is 14.9. The summed E-state index contributed by atoms with van der Waals surface area (Å²) in [5, 5.41) is 3.43. The molecule has 0 aliphatic carbocycles. The number of pyridine rings is 1. The van der Waals surface area contributed by atoms with E-state index < -0.39 is 13.0 Å². The van der Waals surface area contributed by atoms with Crippen molar-refractivity contribution in [2.45, 2.75) is 38.4 Å². The lowest BCUT2D eigenvalue weighted by atomic mass is 10.1. The highest BCUT2D eigenvalue weighted by atomic mass is 19.3. The lowest BCUT2D eigenvalue weighted by molar-refractivity contribution is 0.0811. The van der Waals surface area contributed by atoms with Gasteiger partial charge in [-0.2, -0.15) is 0 Å². The fourth-order valence-corrected chi connectivity index (χ4v) is 2.68. The van der Waals surface area contributed by atoms with Gasteiger partial charge in [0.25, 0.3) is 6.43 Å². The van der Waals surface area contributed by atoms with Gasteiger partial charge in [-0.15, -0.1) is 0 Å². The number of ether oxygens (including phenoxy) is 1. The summed E-state index contributed by atoms with van der Waals surface area (Å²) in [7, 11) is 0. The van der Waals surface area contributed by atoms with Gasteiger partial charge in [0, 0.05) is 37.2 Å². The van der Waals surface area contributed by atoms with Crippen molar-refractivity contribution in [2.75, 3.05) is 6.61 Å². The van der Waals surface area contributed by atoms with E-state index in [1.807, 2.05) is 6.20 Å². The molecular formula is C15H18F2N4O. The number of nitrogens with zero attached hydrogens (tertiary/aromatic N) is 3. The third-order valence-corrected chi connectivity index (χ3v) is 3.72. The summed E-state index contributed by atoms with van der Waals surface area (Å²) in [6.45, 7) is 0.899. The molecule has 7 heteroatoms. The lowest BCUT2D eigenvalue weighted by Gasteiger charge is -2.24. The van der Waals surface area contributed by atoms with Gasteiger partial charge in [-0.3, -0.25) is 4.98 Å². The number of fused-ring (bicyclic) bond motifs is 1. The van der Waals surface area contributed by atoms with Crippen LogP contribution in [-0.4, -0.2) is 27.6 Å². The predicted octanol–water partition coefficient (Wildman–Crippen LogP) is 2.55. The SMILES string of the molecule is FC(F)COc1cnccc1CNC1CCCn2ccnc21. The highest BCUT2D eigenvalue weighted by Gasteiger charge is 2.21. The summed E-state index contributed by atoms with van der Waals surface area (Å²) in [6, 6.07) is 1.95. The Morgan fingerprint density at radius 1 is 1.41 bits per heavy atom. The minimum Gasteiger partial charge on any atom is -0.486 e. The number of imidazole rings is 1. The van der Waals surface area contributed by atoms with Crippen LogP contribution in [0.5, 0.6) is 5.75 Å². The van der Waals surface area contributed by atoms with Gasteiger partial charge in [-0.25, -0.2) is 13.8 Å². The van der Waals surface area contributed by atoms with Gasteiger partial charge < -0.3 is 14.6 Å². The molecule has 0 aromatic carbocycles. The summed E-state index contributed by atoms with van der Waals surface area (Å²) < 4.78 is 31.8. The Labute approximate surface area is 127 Å². The van der Waals surface area contributed by atoms with Gasteiger partial charge in [-0.1, -0.05) is 0 Å². The number of alkyl halides is 2. The van der Waals surface area contributed by atoms with Gasteiger partial charge in [0.15, 0.2) is 0 Å². The van der Waals surface area contributed by atoms with Crippen molar-refractivity contribution in [1.29, 1.82) is 0 Å². The van der Waals surface area contributed by atoms with Crippen molar-refractivity contribution < 1.29 is 13.5 Å². The second kappa shape index (κ2) is 6.83. The van der Waals surface area contributed by atoms with E-state index >= 15 is 0 Å². The summed E-state index contributed by atoms with van der Waals surface area (Å²) in [6.07, 6.45) is 6.49. The third-order valence-electron chi connectivity index (χ3n) is 3.72. The first-order valence-corrected chi connectivity index (χ1v) is 7.32. The molecule has 0 saturated heterocycles. The van der Waals surface area contributed by atoms with Crippen molar-refractivity contribution in [3.63, 3.8) is 0 Å². The van der Waals surface area contributed by atoms with E-state index in [9.17, 15) is 8.78 Å². The van der Waals surface area contributed by atoms with Crippen LogP contribution in [0.4, 0.5) is 8.78 Å². The quantitative estimate of drug-likeness (QED) is 0.891. The standard InChI is InChI=1S/C15H18F2N4O/c16-14(17)10-22-13-9-18-4-3-11(13)8-20-12-2-1-6-21-7-5-19-15(12)21/h3-5,7,9,12,14,20H,1-2,6,8,10H2. The maximum absolute atomic E-state index is 12.3. The molecule has 3 rings (SSSR count). The van der Waals surface area contributed by atoms with Crippen LogP contribution >= 0.6 is 0 Å². The second-order valence-corrected chi connectivity index (χ2v) is 5.24. The molecule has 0 saturated carbocycles. The maximum Gasteiger partial charge on any atom is 0.272 e. The number of nitrogens with one attached hydrogen (secondary N) is 1. The van der Waals surface area contributed by atoms with Gasteiger partial charge in [0.05, 0.1) is 12.2 Å². The molecule has 1 unspecified atom stereocenters. The normalized spacial score (nSPS) is 17.5. The molecule has 0 spiro atoms. The zero-order valence-electron chi connectivity index (χ0n) is 12.1. The minimum atomic E-state index is -2.49. The van der Waals surface area contributed by atoms with Crippen LogP contribution in [-0.2, 0) is 13.1 Å². The number of aromatic nitrogens is 3. The van der Waals surface area contributed by atoms with Gasteiger partial charge in [0.1, 0.15) is 18.2 Å². The van der Waals surface area contributed by atoms with Crippen LogP contribution < -0.4 is 10.1 Å². The Bertz CT molecular complexity index is 617. The molecule has 0 radical (unpaired) electrons. The van der Waals surface area contributed by atoms with Gasteiger partial charge in [0.2, 0.25) is 0 Å². The Kier molecular flexibility index (Phi) is 4.62. The largest absolute Gasteiger partial charge is 0.486 e. The van der Waals surface area contributed by atoms with Crippen molar-refractivity contribution in [1.82, 2.24) is 19.9 Å². The summed E-state index contributed by atoms with van der Waals surface area (Å²) >= 11 is 0. The number of rotatable bonds is 6. The van der Waals surface area contributed by atoms with E-state index in [2.05, 4.69) is 19.9 Å². The predicted molar refractivity (Wildman–Crippen MR) is 76.8 cm³/mol. The first-order valence-electron chi connectivity index (χ1n) is 7.32. The topological polar surface area (TPSA) is 52.0 Å². The smallest absolute Gasteiger partial charge is 0.272 e. The fourth-order valence-electron chi connectivity index (χ4n) is 2.68. The van der Waals surface area contributed by atoms with E-state index in [1.54, 1.807) is 18.5 Å². The van der Waals surface area contributed by atoms with Crippen molar-refractivity contribution in [3.05, 3.63) is 42.2 Å². The molecule has 1 aliphatic heterocycles. The molecule has 0 amide bonds. The van der Waals surface area contributed by atoms with Crippen molar-refractivity contribution >= 4 is 0 Å². The second-order valence-electron chi connectivity index (χ2n) is 5.24. The average Bonchev–Trinajstić information content (AvgIpc) is 3.00. The molecule has 5 nitrogen and oxygen atoms in total. The number of hydrogen-bond donors (Lipinski definition) is 1. The lowest BCUT2D eigenvalue weighted by Crippen LogP contribution is -2.28. The van der Waals surface area contributed by atoms with Crippen LogP contribution in [0.3, 0.4) is 0 Å². The van der Waals surface area contributed by atoms with E-state index in [0.29, 0.717) is 12.3 Å². The number of aryl methyl sites for hydroxylation is 1. The summed E-state index contributed by atoms with van der Waals surface area (Å²) in [5.74, 6) is 1.42. The van der Waals surface area contributed by atoms with Crippen LogP contribution in [0.15, 0.2) is 30.9 Å². The molecule has 2 aromatic rings. The number of halogens is 2. The summed E-state index contributed by atoms with van der Waals surface area (Å²) in [5.41, 5.74) is 0.819. The van der Waals surface area contributed by atoms with Gasteiger partial charge >= 0.3 is 0 Å². The van der Waals surface area contributed by atoms with E-state index in [-0.39, 0.29) is 6.04 Å². The van der Waals surface area contributed by atoms with E-state index in [1.165, 1.54) is 6.20 Å². The Morgan fingerprint density at radius 3 is 3.18 bits per heavy atom. The summed E-state index contributed by atoms with van der Waals surface area (Å²) in [4.78, 5) is 8.32. The monoisotopic (exact) mass is 308 g/mol. The minimum absolute atomic E-state index is 0.167. The van der Waals surface area contributed by atoms with Gasteiger partial charge in [-0.05, 0) is 18.9 Å². The zero-order valence-corrected chi connectivity index (χ0v) is 12.1. The average molecular weight is 308 g/mol. The Balaban J connectivity index is 1.65. The molecule has 1 aliphatic rings. The highest BCUT2D eigenvalue weighted by Crippen LogP contribution is 2.25. The molecular weight excluding hydrogens is 290 g/mol. The fraction of sp³-hybridized carbons (Fsp3) is 0.467. The van der Waals surface area contributed by atoms with Crippen molar-refractivity contribution in [2.24, 2.45) is 0 Å². The third kappa shape index (κ3) is 3.41. The van der Waals surface area contributed by atoms with Crippen LogP contribution in [0, 0.1) is 0 Å². The number of hydrogen-bond acceptors (Lipinski definition) is 4. The van der Waals surface area contributed by atoms with E-state index in [0.717, 1.165) is 30.8 Å². The zero-order chi connectivity index (χ0) is 15.4. The van der Waals surface area contributed by atoms with Crippen molar-refractivity contribution in [3.8, 4) is 5.75 Å². The Hall–Kier alpha value is -2.02. The molecule has 0 fully saturated rings. The van der Waals surface area contributed by atoms with Crippen LogP contribution in [0.2, 0.25) is 0 Å². The first-order chi connectivity index (χ1) is 10.7. The Morgan fingerprint density at radius 2 is 2.32 bits per heavy atom. The molecule has 22 heavy (non-hydrogen) atoms. The molecule has 0 bridgehead atoms. The van der Waals surface area contributed by atoms with Crippen LogP contribution in [0.25, 0.3) is 0 Å². The van der Waals surface area contributed by atoms with E-state index in [4.69, 9.17) is 4.74 Å². The molecule has 2 aromatic heterocycles. The maximum atomic E-state index is 12.3. The molecule has 1 N–H and O–H groups in total. The highest BCUT2D eigenvalue weighted by molar-refractivity contribution is 5.29. The molecule has 3 heterocycles.